The molecular weight excluding hydrogens is 354 g/mol. The van der Waals surface area contributed by atoms with Crippen molar-refractivity contribution in [1.29, 1.82) is 0 Å². The van der Waals surface area contributed by atoms with Gasteiger partial charge in [0.25, 0.3) is 0 Å². The summed E-state index contributed by atoms with van der Waals surface area (Å²) in [7, 11) is 0. The van der Waals surface area contributed by atoms with Crippen molar-refractivity contribution >= 4 is 33.7 Å². The maximum atomic E-state index is 3.58. The van der Waals surface area contributed by atoms with Crippen LogP contribution in [-0.4, -0.2) is 4.98 Å². The minimum Gasteiger partial charge on any atom is -0.355 e. The molecule has 0 spiro atoms. The molecule has 5 aromatic rings. The SMILES string of the molecule is c1ccc(Nc2cc(Nc3ccccc3)c3cc(-c4ccccc4)[nH]c3c2)cc1. The third-order valence-corrected chi connectivity index (χ3v) is 4.94. The molecule has 5 rings (SSSR count). The van der Waals surface area contributed by atoms with E-state index in [2.05, 4.69) is 82.3 Å². The Kier molecular flexibility index (Phi) is 4.47. The molecule has 0 fully saturated rings. The number of hydrogen-bond donors (Lipinski definition) is 3. The maximum absolute atomic E-state index is 3.58. The fraction of sp³-hybridized carbons (Fsp3) is 0. The van der Waals surface area contributed by atoms with Gasteiger partial charge in [0.1, 0.15) is 0 Å². The molecule has 0 saturated carbocycles. The molecule has 4 aromatic carbocycles. The van der Waals surface area contributed by atoms with Crippen LogP contribution in [-0.2, 0) is 0 Å². The number of fused-ring (bicyclic) bond motifs is 1. The topological polar surface area (TPSA) is 39.8 Å². The highest BCUT2D eigenvalue weighted by Crippen LogP contribution is 2.34. The zero-order valence-electron chi connectivity index (χ0n) is 15.9. The van der Waals surface area contributed by atoms with Gasteiger partial charge in [-0.05, 0) is 48.0 Å². The number of nitrogens with one attached hydrogen (secondary N) is 3. The molecule has 0 radical (unpaired) electrons. The second-order valence-electron chi connectivity index (χ2n) is 7.02. The zero-order chi connectivity index (χ0) is 19.5. The summed E-state index contributed by atoms with van der Waals surface area (Å²) >= 11 is 0. The maximum Gasteiger partial charge on any atom is 0.0500 e. The largest absolute Gasteiger partial charge is 0.355 e. The van der Waals surface area contributed by atoms with E-state index in [-0.39, 0.29) is 0 Å². The van der Waals surface area contributed by atoms with E-state index in [0.717, 1.165) is 39.3 Å². The van der Waals surface area contributed by atoms with Gasteiger partial charge in [0, 0.05) is 28.1 Å². The second kappa shape index (κ2) is 7.56. The van der Waals surface area contributed by atoms with E-state index >= 15 is 0 Å². The predicted octanol–water partition coefficient (Wildman–Crippen LogP) is 7.32. The van der Waals surface area contributed by atoms with E-state index in [1.165, 1.54) is 5.56 Å². The minimum absolute atomic E-state index is 1.03. The molecule has 0 aliphatic carbocycles. The molecule has 0 bridgehead atoms. The van der Waals surface area contributed by atoms with Crippen LogP contribution in [0.25, 0.3) is 22.2 Å². The van der Waals surface area contributed by atoms with Crippen molar-refractivity contribution in [2.45, 2.75) is 0 Å². The van der Waals surface area contributed by atoms with Crippen LogP contribution in [0.2, 0.25) is 0 Å². The molecule has 3 N–H and O–H groups in total. The summed E-state index contributed by atoms with van der Waals surface area (Å²) in [5, 5.41) is 8.25. The van der Waals surface area contributed by atoms with Crippen molar-refractivity contribution in [1.82, 2.24) is 4.98 Å². The number of para-hydroxylation sites is 2. The molecule has 0 amide bonds. The first-order valence-corrected chi connectivity index (χ1v) is 9.71. The van der Waals surface area contributed by atoms with Crippen molar-refractivity contribution in [2.24, 2.45) is 0 Å². The Hall–Kier alpha value is -3.98. The summed E-state index contributed by atoms with van der Waals surface area (Å²) < 4.78 is 0. The highest BCUT2D eigenvalue weighted by Gasteiger charge is 2.10. The van der Waals surface area contributed by atoms with Crippen molar-refractivity contribution in [3.8, 4) is 11.3 Å². The normalized spacial score (nSPS) is 10.8. The fourth-order valence-electron chi connectivity index (χ4n) is 3.55. The number of aromatic amines is 1. The molecule has 0 unspecified atom stereocenters. The second-order valence-corrected chi connectivity index (χ2v) is 7.02. The molecule has 0 atom stereocenters. The third kappa shape index (κ3) is 3.71. The Morgan fingerprint density at radius 2 is 1.10 bits per heavy atom. The Labute approximate surface area is 170 Å². The van der Waals surface area contributed by atoms with Gasteiger partial charge < -0.3 is 15.6 Å². The van der Waals surface area contributed by atoms with Gasteiger partial charge in [-0.25, -0.2) is 0 Å². The summed E-state index contributed by atoms with van der Waals surface area (Å²) in [5.41, 5.74) is 7.58. The quantitative estimate of drug-likeness (QED) is 0.301. The smallest absolute Gasteiger partial charge is 0.0500 e. The minimum atomic E-state index is 1.03. The van der Waals surface area contributed by atoms with Crippen LogP contribution in [0, 0.1) is 0 Å². The number of anilines is 4. The van der Waals surface area contributed by atoms with Crippen molar-refractivity contribution in [3.63, 3.8) is 0 Å². The van der Waals surface area contributed by atoms with Gasteiger partial charge in [0.2, 0.25) is 0 Å². The lowest BCUT2D eigenvalue weighted by Crippen LogP contribution is -1.94. The first kappa shape index (κ1) is 17.1. The number of aromatic nitrogens is 1. The van der Waals surface area contributed by atoms with Crippen LogP contribution < -0.4 is 10.6 Å². The van der Waals surface area contributed by atoms with Gasteiger partial charge in [0.15, 0.2) is 0 Å². The van der Waals surface area contributed by atoms with Gasteiger partial charge in [-0.3, -0.25) is 0 Å². The monoisotopic (exact) mass is 375 g/mol. The van der Waals surface area contributed by atoms with E-state index in [4.69, 9.17) is 0 Å². The first-order chi connectivity index (χ1) is 14.3. The van der Waals surface area contributed by atoms with E-state index in [9.17, 15) is 0 Å². The van der Waals surface area contributed by atoms with Gasteiger partial charge in [-0.2, -0.15) is 0 Å². The Morgan fingerprint density at radius 1 is 0.517 bits per heavy atom. The number of benzene rings is 4. The summed E-state index contributed by atoms with van der Waals surface area (Å²) in [6, 6.07) is 37.4. The Balaban J connectivity index is 1.61. The Bertz CT molecular complexity index is 1230. The molecule has 1 aromatic heterocycles. The highest BCUT2D eigenvalue weighted by molar-refractivity contribution is 6.00. The highest BCUT2D eigenvalue weighted by atomic mass is 14.9. The van der Waals surface area contributed by atoms with Crippen LogP contribution >= 0.6 is 0 Å². The van der Waals surface area contributed by atoms with Crippen LogP contribution in [0.15, 0.2) is 109 Å². The van der Waals surface area contributed by atoms with E-state index in [1.807, 2.05) is 42.5 Å². The molecule has 29 heavy (non-hydrogen) atoms. The average molecular weight is 375 g/mol. The van der Waals surface area contributed by atoms with E-state index < -0.39 is 0 Å². The molecular formula is C26H21N3. The Morgan fingerprint density at radius 3 is 1.76 bits per heavy atom. The number of rotatable bonds is 5. The lowest BCUT2D eigenvalue weighted by Gasteiger charge is -2.12. The summed E-state index contributed by atoms with van der Waals surface area (Å²) in [4.78, 5) is 3.58. The number of hydrogen-bond acceptors (Lipinski definition) is 2. The average Bonchev–Trinajstić information content (AvgIpc) is 3.20. The molecule has 3 nitrogen and oxygen atoms in total. The molecule has 1 heterocycles. The molecule has 140 valence electrons. The summed E-state index contributed by atoms with van der Waals surface area (Å²) in [5.74, 6) is 0. The van der Waals surface area contributed by atoms with E-state index in [1.54, 1.807) is 0 Å². The lowest BCUT2D eigenvalue weighted by molar-refractivity contribution is 1.45. The van der Waals surface area contributed by atoms with Crippen molar-refractivity contribution < 1.29 is 0 Å². The molecule has 3 heteroatoms. The first-order valence-electron chi connectivity index (χ1n) is 9.71. The zero-order valence-corrected chi connectivity index (χ0v) is 15.9. The molecule has 0 aliphatic heterocycles. The van der Waals surface area contributed by atoms with E-state index in [0.29, 0.717) is 0 Å². The summed E-state index contributed by atoms with van der Waals surface area (Å²) in [6.45, 7) is 0. The predicted molar refractivity (Wildman–Crippen MR) is 123 cm³/mol. The van der Waals surface area contributed by atoms with Gasteiger partial charge in [-0.15, -0.1) is 0 Å². The van der Waals surface area contributed by atoms with Gasteiger partial charge in [-0.1, -0.05) is 66.7 Å². The fourth-order valence-corrected chi connectivity index (χ4v) is 3.55. The standard InChI is InChI=1S/C26H21N3/c1-4-10-19(11-5-1)24-18-23-25(28-21-14-8-3-9-15-21)16-22(17-26(23)29-24)27-20-12-6-2-7-13-20/h1-18,27-29H. The number of H-pyrrole nitrogens is 1. The van der Waals surface area contributed by atoms with Crippen LogP contribution in [0.4, 0.5) is 22.7 Å². The lowest BCUT2D eigenvalue weighted by atomic mass is 10.1. The van der Waals surface area contributed by atoms with Gasteiger partial charge >= 0.3 is 0 Å². The molecule has 0 aliphatic rings. The van der Waals surface area contributed by atoms with Crippen LogP contribution in [0.3, 0.4) is 0 Å². The van der Waals surface area contributed by atoms with Crippen LogP contribution in [0.1, 0.15) is 0 Å². The summed E-state index contributed by atoms with van der Waals surface area (Å²) in [6.07, 6.45) is 0. The van der Waals surface area contributed by atoms with Crippen molar-refractivity contribution in [2.75, 3.05) is 10.6 Å². The molecule has 0 saturated heterocycles. The third-order valence-electron chi connectivity index (χ3n) is 4.94. The van der Waals surface area contributed by atoms with Crippen LogP contribution in [0.5, 0.6) is 0 Å². The van der Waals surface area contributed by atoms with Crippen molar-refractivity contribution in [3.05, 3.63) is 109 Å². The van der Waals surface area contributed by atoms with Gasteiger partial charge in [0.05, 0.1) is 11.2 Å².